The molecule has 4 fully saturated rings. The highest BCUT2D eigenvalue weighted by molar-refractivity contribution is 7.91. The van der Waals surface area contributed by atoms with Crippen molar-refractivity contribution in [2.75, 3.05) is 22.1 Å². The minimum absolute atomic E-state index is 0.0123. The van der Waals surface area contributed by atoms with Crippen LogP contribution in [0.15, 0.2) is 89.3 Å². The quantitative estimate of drug-likeness (QED) is 0.102. The number of benzene rings is 1. The maximum atomic E-state index is 12.8. The number of nitrogens with zero attached hydrogens (tertiary/aromatic N) is 3. The minimum Gasteiger partial charge on any atom is -0.385 e. The first-order valence-electron chi connectivity index (χ1n) is 20.3. The molecule has 4 N–H and O–H groups in total. The van der Waals surface area contributed by atoms with E-state index in [-0.39, 0.29) is 58.0 Å². The molecule has 0 aliphatic heterocycles. The van der Waals surface area contributed by atoms with Crippen molar-refractivity contribution in [3.63, 3.8) is 0 Å². The van der Waals surface area contributed by atoms with Crippen molar-refractivity contribution < 1.29 is 49.8 Å². The number of aliphatic hydroxyl groups is 2. The molecule has 0 spiro atoms. The molecule has 0 saturated heterocycles. The maximum absolute atomic E-state index is 12.8. The normalized spacial score (nSPS) is 18.0. The van der Waals surface area contributed by atoms with E-state index < -0.39 is 48.5 Å². The van der Waals surface area contributed by atoms with Gasteiger partial charge in [0.1, 0.15) is 5.82 Å². The number of sulfone groups is 2. The lowest BCUT2D eigenvalue weighted by Gasteiger charge is -2.29. The lowest BCUT2D eigenvalue weighted by Crippen LogP contribution is -2.39. The molecule has 4 aliphatic carbocycles. The topological polar surface area (TPSA) is 206 Å². The lowest BCUT2D eigenvalue weighted by molar-refractivity contribution is -0.259. The van der Waals surface area contributed by atoms with Gasteiger partial charge in [0.25, 0.3) is 0 Å². The smallest absolute Gasteiger partial charge is 0.385 e. The van der Waals surface area contributed by atoms with Crippen LogP contribution in [-0.4, -0.2) is 71.5 Å². The predicted octanol–water partition coefficient (Wildman–Crippen LogP) is 6.07. The van der Waals surface area contributed by atoms with Crippen molar-refractivity contribution in [3.05, 3.63) is 102 Å². The summed E-state index contributed by atoms with van der Waals surface area (Å²) in [6.07, 6.45) is 6.81. The van der Waals surface area contributed by atoms with Crippen LogP contribution in [0.4, 0.5) is 24.7 Å². The zero-order chi connectivity index (χ0) is 43.8. The summed E-state index contributed by atoms with van der Waals surface area (Å²) in [6.45, 7) is 0.615. The van der Waals surface area contributed by atoms with Gasteiger partial charge < -0.3 is 20.8 Å². The van der Waals surface area contributed by atoms with Gasteiger partial charge in [0.05, 0.1) is 29.9 Å². The van der Waals surface area contributed by atoms with Crippen LogP contribution in [-0.2, 0) is 53.3 Å². The second-order valence-electron chi connectivity index (χ2n) is 16.9. The van der Waals surface area contributed by atoms with Crippen LogP contribution in [0.3, 0.4) is 0 Å². The summed E-state index contributed by atoms with van der Waals surface area (Å²) in [5, 5.41) is 26.2. The fourth-order valence-electron chi connectivity index (χ4n) is 7.11. The Morgan fingerprint density at radius 1 is 0.623 bits per heavy atom. The Bertz CT molecular complexity index is 2420. The van der Waals surface area contributed by atoms with E-state index in [1.54, 1.807) is 6.07 Å². The highest BCUT2D eigenvalue weighted by Crippen LogP contribution is 2.57. The summed E-state index contributed by atoms with van der Waals surface area (Å²) in [5.74, 6) is 0.742. The summed E-state index contributed by atoms with van der Waals surface area (Å²) in [5.41, 5.74) is -1.47. The summed E-state index contributed by atoms with van der Waals surface area (Å²) in [7, 11) is -6.78. The molecule has 4 saturated carbocycles. The Balaban J connectivity index is 0.000000184. The second-order valence-corrected chi connectivity index (χ2v) is 20.8. The van der Waals surface area contributed by atoms with E-state index in [0.29, 0.717) is 35.6 Å². The molecule has 326 valence electrons. The minimum atomic E-state index is -4.87. The standard InChI is InChI=1S/C24H28N2O4S.C19H20F3N3O4S/c27-22(13-17-3-12-23(25-14-17)31(29,30)15-16-1-2-16)26-21-10-8-20(9-11-21)24(28,18-4-5-18)19-6-7-19;1-18(27,19(20,21)22)14-5-6-15(23-10-14)25-16(26)8-13-4-7-17(24-9-13)30(28,29)11-12-2-3-12/h3,8-12,14,16,18-19,28H,1-2,4-7,13,15H2,(H,26,27);4-7,9-10,12,27H,2-3,8,11H2,1H3,(H,23,25,26). The van der Waals surface area contributed by atoms with Crippen molar-refractivity contribution in [2.45, 2.75) is 98.6 Å². The Morgan fingerprint density at radius 2 is 1.08 bits per heavy atom. The van der Waals surface area contributed by atoms with Crippen LogP contribution in [0.1, 0.15) is 80.5 Å². The number of pyridine rings is 3. The number of carbonyl (C=O) groups excluding carboxylic acids is 2. The van der Waals surface area contributed by atoms with E-state index in [0.717, 1.165) is 75.3 Å². The van der Waals surface area contributed by atoms with Gasteiger partial charge in [-0.25, -0.2) is 31.8 Å². The van der Waals surface area contributed by atoms with E-state index in [2.05, 4.69) is 25.6 Å². The molecule has 1 unspecified atom stereocenters. The van der Waals surface area contributed by atoms with Gasteiger partial charge in [-0.2, -0.15) is 13.2 Å². The summed E-state index contributed by atoms with van der Waals surface area (Å²) >= 11 is 0. The van der Waals surface area contributed by atoms with Gasteiger partial charge in [0.15, 0.2) is 35.3 Å². The van der Waals surface area contributed by atoms with Gasteiger partial charge >= 0.3 is 6.18 Å². The fraction of sp³-hybridized carbons (Fsp3) is 0.465. The highest BCUT2D eigenvalue weighted by atomic mass is 32.2. The van der Waals surface area contributed by atoms with Crippen molar-refractivity contribution in [1.82, 2.24) is 15.0 Å². The molecule has 61 heavy (non-hydrogen) atoms. The molecule has 0 bridgehead atoms. The van der Waals surface area contributed by atoms with Crippen LogP contribution < -0.4 is 10.6 Å². The second kappa shape index (κ2) is 17.2. The third kappa shape index (κ3) is 11.2. The van der Waals surface area contributed by atoms with Crippen molar-refractivity contribution >= 4 is 43.0 Å². The maximum Gasteiger partial charge on any atom is 0.421 e. The number of anilines is 2. The molecule has 2 amide bonds. The molecule has 3 heterocycles. The van der Waals surface area contributed by atoms with Gasteiger partial charge in [-0.3, -0.25) is 9.59 Å². The molecule has 3 aromatic heterocycles. The van der Waals surface area contributed by atoms with Crippen LogP contribution in [0.5, 0.6) is 0 Å². The molecule has 8 rings (SSSR count). The van der Waals surface area contributed by atoms with E-state index in [1.807, 2.05) is 24.3 Å². The number of amides is 2. The van der Waals surface area contributed by atoms with E-state index >= 15 is 0 Å². The molecule has 4 aromatic rings. The SMILES string of the molecule is CC(O)(c1ccc(NC(=O)Cc2ccc(S(=O)(=O)CC3CC3)nc2)nc1)C(F)(F)F.O=C(Cc1ccc(S(=O)(=O)CC2CC2)nc1)Nc1ccc(C(O)(C2CC2)C2CC2)cc1. The number of aromatic nitrogens is 3. The number of rotatable bonds is 16. The molecule has 1 atom stereocenters. The van der Waals surface area contributed by atoms with E-state index in [4.69, 9.17) is 0 Å². The summed E-state index contributed by atoms with van der Waals surface area (Å²) in [6, 6.07) is 15.7. The third-order valence-electron chi connectivity index (χ3n) is 11.4. The van der Waals surface area contributed by atoms with Crippen molar-refractivity contribution in [1.29, 1.82) is 0 Å². The Hall–Kier alpha value is -4.78. The molecule has 13 nitrogen and oxygen atoms in total. The fourth-order valence-corrected chi connectivity index (χ4v) is 10.3. The number of hydrogen-bond acceptors (Lipinski definition) is 11. The summed E-state index contributed by atoms with van der Waals surface area (Å²) < 4.78 is 87.5. The predicted molar refractivity (Wildman–Crippen MR) is 218 cm³/mol. The average molecular weight is 884 g/mol. The van der Waals surface area contributed by atoms with Crippen LogP contribution in [0, 0.1) is 23.7 Å². The van der Waals surface area contributed by atoms with Crippen molar-refractivity contribution in [3.8, 4) is 0 Å². The van der Waals surface area contributed by atoms with E-state index in [1.165, 1.54) is 30.6 Å². The first-order chi connectivity index (χ1) is 28.7. The van der Waals surface area contributed by atoms with Crippen LogP contribution in [0.2, 0.25) is 0 Å². The molecular formula is C43H48F3N5O8S2. The molecule has 4 aliphatic rings. The zero-order valence-electron chi connectivity index (χ0n) is 33.4. The molecule has 18 heteroatoms. The number of carbonyl (C=O) groups is 2. The van der Waals surface area contributed by atoms with Gasteiger partial charge in [-0.15, -0.1) is 0 Å². The summed E-state index contributed by atoms with van der Waals surface area (Å²) in [4.78, 5) is 36.3. The number of alkyl halides is 3. The van der Waals surface area contributed by atoms with Gasteiger partial charge in [-0.1, -0.05) is 30.3 Å². The zero-order valence-corrected chi connectivity index (χ0v) is 35.1. The Kier molecular flexibility index (Phi) is 12.5. The molecular weight excluding hydrogens is 836 g/mol. The monoisotopic (exact) mass is 883 g/mol. The number of nitrogens with one attached hydrogen (secondary N) is 2. The van der Waals surface area contributed by atoms with Gasteiger partial charge in [0.2, 0.25) is 11.8 Å². The van der Waals surface area contributed by atoms with Gasteiger partial charge in [-0.05, 0) is 129 Å². The molecule has 1 aromatic carbocycles. The first kappa shape index (κ1) is 44.3. The Labute approximate surface area is 352 Å². The Morgan fingerprint density at radius 3 is 1.46 bits per heavy atom. The van der Waals surface area contributed by atoms with Crippen LogP contribution in [0.25, 0.3) is 0 Å². The van der Waals surface area contributed by atoms with Crippen LogP contribution >= 0.6 is 0 Å². The average Bonchev–Trinajstić information content (AvgIpc) is 3.99. The highest BCUT2D eigenvalue weighted by Gasteiger charge is 2.54. The molecule has 0 radical (unpaired) electrons. The van der Waals surface area contributed by atoms with E-state index in [9.17, 15) is 49.8 Å². The number of halogens is 3. The lowest BCUT2D eigenvalue weighted by atomic mass is 9.84. The van der Waals surface area contributed by atoms with Gasteiger partial charge in [0, 0.05) is 29.8 Å². The van der Waals surface area contributed by atoms with Crippen molar-refractivity contribution in [2.24, 2.45) is 23.7 Å². The largest absolute Gasteiger partial charge is 0.421 e. The number of hydrogen-bond donors (Lipinski definition) is 4. The first-order valence-corrected chi connectivity index (χ1v) is 23.6. The third-order valence-corrected chi connectivity index (χ3v) is 15.0.